The van der Waals surface area contributed by atoms with Gasteiger partial charge in [-0.15, -0.1) is 0 Å². The monoisotopic (exact) mass is 289 g/mol. The van der Waals surface area contributed by atoms with Crippen LogP contribution in [0, 0.1) is 0 Å². The summed E-state index contributed by atoms with van der Waals surface area (Å²) in [5, 5.41) is 4.08. The lowest BCUT2D eigenvalue weighted by Crippen LogP contribution is -2.07. The number of hydrogen-bond acceptors (Lipinski definition) is 3. The van der Waals surface area contributed by atoms with Crippen LogP contribution < -0.4 is 5.32 Å². The summed E-state index contributed by atoms with van der Waals surface area (Å²) >= 11 is 6.17. The lowest BCUT2D eigenvalue weighted by molar-refractivity contribution is 0.0601. The van der Waals surface area contributed by atoms with Crippen molar-refractivity contribution in [1.29, 1.82) is 0 Å². The summed E-state index contributed by atoms with van der Waals surface area (Å²) in [4.78, 5) is 11.4. The Labute approximate surface area is 123 Å². The predicted molar refractivity (Wildman–Crippen MR) is 81.3 cm³/mol. The molecule has 1 atom stereocenters. The van der Waals surface area contributed by atoms with Crippen molar-refractivity contribution in [1.82, 2.24) is 0 Å². The third-order valence-corrected chi connectivity index (χ3v) is 3.41. The van der Waals surface area contributed by atoms with Crippen LogP contribution >= 0.6 is 11.6 Å². The summed E-state index contributed by atoms with van der Waals surface area (Å²) in [6.07, 6.45) is 0. The molecule has 0 fully saturated rings. The quantitative estimate of drug-likeness (QED) is 0.853. The smallest absolute Gasteiger partial charge is 0.337 e. The van der Waals surface area contributed by atoms with Crippen molar-refractivity contribution in [3.05, 3.63) is 64.7 Å². The second kappa shape index (κ2) is 6.44. The van der Waals surface area contributed by atoms with Crippen LogP contribution in [0.3, 0.4) is 0 Å². The standard InChI is InChI=1S/C16H16ClNO2/c1-11(14-5-3-4-6-15(14)17)18-13-9-7-12(8-10-13)16(19)20-2/h3-11,18H,1-2H3. The van der Waals surface area contributed by atoms with E-state index in [1.54, 1.807) is 12.1 Å². The van der Waals surface area contributed by atoms with Crippen LogP contribution in [0.5, 0.6) is 0 Å². The predicted octanol–water partition coefficient (Wildman–Crippen LogP) is 4.30. The molecule has 0 aromatic heterocycles. The second-order valence-corrected chi connectivity index (χ2v) is 4.86. The Balaban J connectivity index is 2.10. The fourth-order valence-electron chi connectivity index (χ4n) is 1.97. The first kappa shape index (κ1) is 14.4. The number of esters is 1. The molecule has 0 radical (unpaired) electrons. The number of halogens is 1. The van der Waals surface area contributed by atoms with Crippen molar-refractivity contribution < 1.29 is 9.53 Å². The van der Waals surface area contributed by atoms with E-state index in [0.29, 0.717) is 5.56 Å². The van der Waals surface area contributed by atoms with Gasteiger partial charge in [-0.3, -0.25) is 0 Å². The summed E-state index contributed by atoms with van der Waals surface area (Å²) in [5.41, 5.74) is 2.49. The van der Waals surface area contributed by atoms with E-state index >= 15 is 0 Å². The average molecular weight is 290 g/mol. The van der Waals surface area contributed by atoms with Crippen molar-refractivity contribution in [3.63, 3.8) is 0 Å². The van der Waals surface area contributed by atoms with Crippen LogP contribution in [-0.2, 0) is 4.74 Å². The summed E-state index contributed by atoms with van der Waals surface area (Å²) in [6, 6.07) is 15.0. The Bertz CT molecular complexity index is 596. The van der Waals surface area contributed by atoms with Gasteiger partial charge in [0.15, 0.2) is 0 Å². The van der Waals surface area contributed by atoms with Crippen molar-refractivity contribution in [2.45, 2.75) is 13.0 Å². The molecule has 0 spiro atoms. The van der Waals surface area contributed by atoms with Crippen molar-refractivity contribution in [2.24, 2.45) is 0 Å². The van der Waals surface area contributed by atoms with Crippen LogP contribution in [-0.4, -0.2) is 13.1 Å². The molecule has 0 amide bonds. The molecule has 1 N–H and O–H groups in total. The molecule has 0 saturated carbocycles. The molecule has 2 aromatic rings. The van der Waals surface area contributed by atoms with E-state index in [-0.39, 0.29) is 12.0 Å². The minimum Gasteiger partial charge on any atom is -0.465 e. The second-order valence-electron chi connectivity index (χ2n) is 4.46. The molecule has 0 bridgehead atoms. The number of carbonyl (C=O) groups is 1. The molecule has 0 aliphatic carbocycles. The Kier molecular flexibility index (Phi) is 4.64. The molecule has 4 heteroatoms. The van der Waals surface area contributed by atoms with E-state index in [1.807, 2.05) is 43.3 Å². The van der Waals surface area contributed by atoms with E-state index in [2.05, 4.69) is 10.1 Å². The first-order valence-electron chi connectivity index (χ1n) is 6.31. The van der Waals surface area contributed by atoms with Gasteiger partial charge in [0, 0.05) is 16.8 Å². The van der Waals surface area contributed by atoms with Crippen molar-refractivity contribution in [3.8, 4) is 0 Å². The van der Waals surface area contributed by atoms with Crippen molar-refractivity contribution in [2.75, 3.05) is 12.4 Å². The summed E-state index contributed by atoms with van der Waals surface area (Å²) in [6.45, 7) is 2.04. The molecule has 2 aromatic carbocycles. The number of anilines is 1. The largest absolute Gasteiger partial charge is 0.465 e. The fourth-order valence-corrected chi connectivity index (χ4v) is 2.27. The van der Waals surface area contributed by atoms with Gasteiger partial charge < -0.3 is 10.1 Å². The highest BCUT2D eigenvalue weighted by atomic mass is 35.5. The lowest BCUT2D eigenvalue weighted by Gasteiger charge is -2.17. The van der Waals surface area contributed by atoms with Gasteiger partial charge in [0.25, 0.3) is 0 Å². The Hall–Kier alpha value is -2.00. The zero-order valence-corrected chi connectivity index (χ0v) is 12.1. The molecule has 3 nitrogen and oxygen atoms in total. The number of nitrogens with one attached hydrogen (secondary N) is 1. The third-order valence-electron chi connectivity index (χ3n) is 3.06. The zero-order chi connectivity index (χ0) is 14.5. The van der Waals surface area contributed by atoms with E-state index in [4.69, 9.17) is 11.6 Å². The molecule has 1 unspecified atom stereocenters. The molecule has 0 aliphatic heterocycles. The Morgan fingerprint density at radius 3 is 2.40 bits per heavy atom. The normalized spacial score (nSPS) is 11.8. The molecule has 0 saturated heterocycles. The number of ether oxygens (including phenoxy) is 1. The highest BCUT2D eigenvalue weighted by Crippen LogP contribution is 2.25. The minimum absolute atomic E-state index is 0.0766. The fraction of sp³-hybridized carbons (Fsp3) is 0.188. The van der Waals surface area contributed by atoms with Gasteiger partial charge in [-0.2, -0.15) is 0 Å². The highest BCUT2D eigenvalue weighted by molar-refractivity contribution is 6.31. The van der Waals surface area contributed by atoms with E-state index in [0.717, 1.165) is 16.3 Å². The third kappa shape index (κ3) is 3.31. The summed E-state index contributed by atoms with van der Waals surface area (Å²) in [5.74, 6) is -0.337. The van der Waals surface area contributed by atoms with Gasteiger partial charge in [-0.1, -0.05) is 29.8 Å². The van der Waals surface area contributed by atoms with Crippen LogP contribution in [0.1, 0.15) is 28.9 Å². The Morgan fingerprint density at radius 2 is 1.80 bits per heavy atom. The van der Waals surface area contributed by atoms with Crippen LogP contribution in [0.4, 0.5) is 5.69 Å². The molecule has 2 rings (SSSR count). The SMILES string of the molecule is COC(=O)c1ccc(NC(C)c2ccccc2Cl)cc1. The number of benzene rings is 2. The number of methoxy groups -OCH3 is 1. The van der Waals surface area contributed by atoms with Crippen LogP contribution in [0.25, 0.3) is 0 Å². The maximum absolute atomic E-state index is 11.4. The van der Waals surface area contributed by atoms with Gasteiger partial charge in [0.2, 0.25) is 0 Å². The maximum Gasteiger partial charge on any atom is 0.337 e. The van der Waals surface area contributed by atoms with Gasteiger partial charge in [-0.25, -0.2) is 4.79 Å². The Morgan fingerprint density at radius 1 is 1.15 bits per heavy atom. The lowest BCUT2D eigenvalue weighted by atomic mass is 10.1. The molecule has 104 valence electrons. The van der Waals surface area contributed by atoms with Crippen LogP contribution in [0.2, 0.25) is 5.02 Å². The van der Waals surface area contributed by atoms with Crippen molar-refractivity contribution >= 4 is 23.3 Å². The first-order valence-corrected chi connectivity index (χ1v) is 6.69. The van der Waals surface area contributed by atoms with Gasteiger partial charge in [0.05, 0.1) is 12.7 Å². The zero-order valence-electron chi connectivity index (χ0n) is 11.4. The molecule has 0 heterocycles. The van der Waals surface area contributed by atoms with Gasteiger partial charge in [0.1, 0.15) is 0 Å². The first-order chi connectivity index (χ1) is 9.61. The maximum atomic E-state index is 11.4. The number of rotatable bonds is 4. The van der Waals surface area contributed by atoms with Gasteiger partial charge >= 0.3 is 5.97 Å². The topological polar surface area (TPSA) is 38.3 Å². The molecular weight excluding hydrogens is 274 g/mol. The minimum atomic E-state index is -0.337. The van der Waals surface area contributed by atoms with Gasteiger partial charge in [-0.05, 0) is 42.8 Å². The van der Waals surface area contributed by atoms with Crippen LogP contribution in [0.15, 0.2) is 48.5 Å². The highest BCUT2D eigenvalue weighted by Gasteiger charge is 2.09. The molecule has 0 aliphatic rings. The molecular formula is C16H16ClNO2. The van der Waals surface area contributed by atoms with E-state index in [9.17, 15) is 4.79 Å². The summed E-state index contributed by atoms with van der Waals surface area (Å²) in [7, 11) is 1.37. The molecule has 20 heavy (non-hydrogen) atoms. The van der Waals surface area contributed by atoms with E-state index < -0.39 is 0 Å². The number of hydrogen-bond donors (Lipinski definition) is 1. The average Bonchev–Trinajstić information content (AvgIpc) is 2.47. The summed E-state index contributed by atoms with van der Waals surface area (Å²) < 4.78 is 4.67. The van der Waals surface area contributed by atoms with E-state index in [1.165, 1.54) is 7.11 Å². The number of carbonyl (C=O) groups excluding carboxylic acids is 1.